The topological polar surface area (TPSA) is 49.3 Å². The summed E-state index contributed by atoms with van der Waals surface area (Å²) >= 11 is 0. The Morgan fingerprint density at radius 2 is 1.86 bits per heavy atom. The number of aliphatic carboxylic acids is 1. The third-order valence-electron chi connectivity index (χ3n) is 2.73. The van der Waals surface area contributed by atoms with Crippen LogP contribution >= 0.6 is 0 Å². The number of carbonyl (C=O) groups is 1. The van der Waals surface area contributed by atoms with E-state index in [2.05, 4.69) is 26.1 Å². The lowest BCUT2D eigenvalue weighted by Gasteiger charge is -2.22. The minimum absolute atomic E-state index is 0.330. The lowest BCUT2D eigenvalue weighted by atomic mass is 9.97. The van der Waals surface area contributed by atoms with Gasteiger partial charge in [-0.25, -0.2) is 0 Å². The molecule has 0 aromatic heterocycles. The molecule has 0 amide bonds. The Bertz CT molecular complexity index is 171. The van der Waals surface area contributed by atoms with E-state index in [-0.39, 0.29) is 0 Å². The average molecular weight is 201 g/mol. The van der Waals surface area contributed by atoms with Crippen molar-refractivity contribution in [1.82, 2.24) is 5.32 Å². The van der Waals surface area contributed by atoms with Gasteiger partial charge in [0.05, 0.1) is 0 Å². The van der Waals surface area contributed by atoms with Gasteiger partial charge in [-0.1, -0.05) is 27.2 Å². The van der Waals surface area contributed by atoms with Crippen molar-refractivity contribution in [1.29, 1.82) is 0 Å². The van der Waals surface area contributed by atoms with Gasteiger partial charge in [-0.05, 0) is 25.7 Å². The highest BCUT2D eigenvalue weighted by Gasteiger charge is 2.16. The highest BCUT2D eigenvalue weighted by molar-refractivity contribution is 5.72. The number of carboxylic acids is 1. The number of rotatable bonds is 7. The van der Waals surface area contributed by atoms with Crippen LogP contribution in [0.3, 0.4) is 0 Å². The third-order valence-corrected chi connectivity index (χ3v) is 2.73. The fourth-order valence-electron chi connectivity index (χ4n) is 1.43. The van der Waals surface area contributed by atoms with Crippen LogP contribution in [-0.2, 0) is 4.79 Å². The molecule has 0 spiro atoms. The van der Waals surface area contributed by atoms with Crippen LogP contribution in [0, 0.1) is 5.92 Å². The Labute approximate surface area is 86.9 Å². The maximum atomic E-state index is 10.6. The van der Waals surface area contributed by atoms with Crippen LogP contribution in [0.4, 0.5) is 0 Å². The van der Waals surface area contributed by atoms with Gasteiger partial charge in [-0.15, -0.1) is 0 Å². The summed E-state index contributed by atoms with van der Waals surface area (Å²) in [6, 6.07) is -0.111. The SMILES string of the molecule is CCC(C)CC(CC)NC(C)C(=O)O. The van der Waals surface area contributed by atoms with Crippen molar-refractivity contribution >= 4 is 5.97 Å². The first-order valence-corrected chi connectivity index (χ1v) is 5.50. The summed E-state index contributed by atoms with van der Waals surface area (Å²) < 4.78 is 0. The number of carboxylic acid groups (broad SMARTS) is 1. The highest BCUT2D eigenvalue weighted by atomic mass is 16.4. The van der Waals surface area contributed by atoms with Gasteiger partial charge in [0.2, 0.25) is 0 Å². The molecule has 0 radical (unpaired) electrons. The maximum Gasteiger partial charge on any atom is 0.320 e. The van der Waals surface area contributed by atoms with Crippen molar-refractivity contribution in [2.75, 3.05) is 0 Å². The van der Waals surface area contributed by atoms with Crippen LogP contribution in [0.2, 0.25) is 0 Å². The molecule has 0 fully saturated rings. The largest absolute Gasteiger partial charge is 0.480 e. The fraction of sp³-hybridized carbons (Fsp3) is 0.909. The van der Waals surface area contributed by atoms with Crippen LogP contribution in [0.25, 0.3) is 0 Å². The monoisotopic (exact) mass is 201 g/mol. The molecule has 2 N–H and O–H groups in total. The second kappa shape index (κ2) is 6.82. The smallest absolute Gasteiger partial charge is 0.320 e. The summed E-state index contributed by atoms with van der Waals surface area (Å²) in [6.07, 6.45) is 3.20. The first kappa shape index (κ1) is 13.4. The minimum atomic E-state index is -0.771. The molecule has 0 rings (SSSR count). The Morgan fingerprint density at radius 3 is 2.21 bits per heavy atom. The first-order chi connectivity index (χ1) is 6.51. The van der Waals surface area contributed by atoms with E-state index in [1.165, 1.54) is 0 Å². The molecule has 0 heterocycles. The molecule has 14 heavy (non-hydrogen) atoms. The molecule has 0 aliphatic heterocycles. The van der Waals surface area contributed by atoms with Gasteiger partial charge in [0, 0.05) is 6.04 Å². The Morgan fingerprint density at radius 1 is 1.29 bits per heavy atom. The normalized spacial score (nSPS) is 17.4. The van der Waals surface area contributed by atoms with E-state index in [0.717, 1.165) is 19.3 Å². The van der Waals surface area contributed by atoms with Gasteiger partial charge < -0.3 is 10.4 Å². The van der Waals surface area contributed by atoms with Gasteiger partial charge in [0.25, 0.3) is 0 Å². The fourth-order valence-corrected chi connectivity index (χ4v) is 1.43. The Balaban J connectivity index is 3.96. The molecule has 0 aromatic rings. The standard InChI is InChI=1S/C11H23NO2/c1-5-8(3)7-10(6-2)12-9(4)11(13)14/h8-10,12H,5-7H2,1-4H3,(H,13,14). The van der Waals surface area contributed by atoms with Crippen molar-refractivity contribution < 1.29 is 9.90 Å². The molecular weight excluding hydrogens is 178 g/mol. The van der Waals surface area contributed by atoms with E-state index in [1.807, 2.05) is 0 Å². The molecule has 0 aliphatic rings. The molecule has 3 atom stereocenters. The minimum Gasteiger partial charge on any atom is -0.480 e. The number of hydrogen-bond donors (Lipinski definition) is 2. The summed E-state index contributed by atoms with van der Waals surface area (Å²) in [6.45, 7) is 8.16. The van der Waals surface area contributed by atoms with E-state index in [9.17, 15) is 4.79 Å². The predicted octanol–water partition coefficient (Wildman–Crippen LogP) is 2.26. The molecule has 0 aromatic carbocycles. The summed E-state index contributed by atoms with van der Waals surface area (Å²) in [7, 11) is 0. The summed E-state index contributed by atoms with van der Waals surface area (Å²) in [5.41, 5.74) is 0. The van der Waals surface area contributed by atoms with Crippen LogP contribution < -0.4 is 5.32 Å². The van der Waals surface area contributed by atoms with Crippen LogP contribution in [0.5, 0.6) is 0 Å². The number of hydrogen-bond acceptors (Lipinski definition) is 2. The van der Waals surface area contributed by atoms with Crippen molar-refractivity contribution in [2.24, 2.45) is 5.92 Å². The molecule has 84 valence electrons. The molecule has 3 heteroatoms. The van der Waals surface area contributed by atoms with E-state index in [0.29, 0.717) is 12.0 Å². The lowest BCUT2D eigenvalue weighted by Crippen LogP contribution is -2.41. The molecular formula is C11H23NO2. The van der Waals surface area contributed by atoms with E-state index in [1.54, 1.807) is 6.92 Å². The molecule has 0 saturated carbocycles. The molecule has 0 saturated heterocycles. The zero-order valence-corrected chi connectivity index (χ0v) is 9.71. The van der Waals surface area contributed by atoms with E-state index >= 15 is 0 Å². The van der Waals surface area contributed by atoms with Crippen molar-refractivity contribution in [3.8, 4) is 0 Å². The van der Waals surface area contributed by atoms with Crippen molar-refractivity contribution in [2.45, 2.75) is 59.0 Å². The molecule has 0 aliphatic carbocycles. The van der Waals surface area contributed by atoms with Gasteiger partial charge in [-0.3, -0.25) is 4.79 Å². The average Bonchev–Trinajstić information content (AvgIpc) is 2.16. The second-order valence-corrected chi connectivity index (χ2v) is 4.08. The molecule has 3 unspecified atom stereocenters. The molecule has 3 nitrogen and oxygen atoms in total. The van der Waals surface area contributed by atoms with Crippen LogP contribution in [0.15, 0.2) is 0 Å². The predicted molar refractivity (Wildman–Crippen MR) is 58.4 cm³/mol. The Hall–Kier alpha value is -0.570. The van der Waals surface area contributed by atoms with Crippen LogP contribution in [-0.4, -0.2) is 23.2 Å². The maximum absolute atomic E-state index is 10.6. The highest BCUT2D eigenvalue weighted by Crippen LogP contribution is 2.12. The van der Waals surface area contributed by atoms with E-state index in [4.69, 9.17) is 5.11 Å². The van der Waals surface area contributed by atoms with Crippen LogP contribution in [0.1, 0.15) is 47.0 Å². The number of nitrogens with one attached hydrogen (secondary N) is 1. The van der Waals surface area contributed by atoms with Gasteiger partial charge >= 0.3 is 5.97 Å². The summed E-state index contributed by atoms with van der Waals surface area (Å²) in [4.78, 5) is 10.6. The summed E-state index contributed by atoms with van der Waals surface area (Å²) in [5, 5.41) is 11.9. The quantitative estimate of drug-likeness (QED) is 0.664. The third kappa shape index (κ3) is 5.22. The van der Waals surface area contributed by atoms with Gasteiger partial charge in [0.1, 0.15) is 6.04 Å². The van der Waals surface area contributed by atoms with E-state index < -0.39 is 12.0 Å². The zero-order chi connectivity index (χ0) is 11.1. The first-order valence-electron chi connectivity index (χ1n) is 5.50. The summed E-state index contributed by atoms with van der Waals surface area (Å²) in [5.74, 6) is -0.110. The van der Waals surface area contributed by atoms with Crippen molar-refractivity contribution in [3.63, 3.8) is 0 Å². The Kier molecular flexibility index (Phi) is 6.54. The second-order valence-electron chi connectivity index (χ2n) is 4.08. The zero-order valence-electron chi connectivity index (χ0n) is 9.71. The van der Waals surface area contributed by atoms with Gasteiger partial charge in [-0.2, -0.15) is 0 Å². The molecule has 0 bridgehead atoms. The van der Waals surface area contributed by atoms with Gasteiger partial charge in [0.15, 0.2) is 0 Å². The van der Waals surface area contributed by atoms with Crippen molar-refractivity contribution in [3.05, 3.63) is 0 Å². The lowest BCUT2D eigenvalue weighted by molar-refractivity contribution is -0.139.